The number of hydrogen-bond donors (Lipinski definition) is 1. The van der Waals surface area contributed by atoms with Gasteiger partial charge in [0, 0.05) is 0 Å². The Kier molecular flexibility index (Phi) is 3.80. The lowest BCUT2D eigenvalue weighted by molar-refractivity contribution is -0.0376. The van der Waals surface area contributed by atoms with Crippen molar-refractivity contribution < 1.29 is 9.47 Å². The average Bonchev–Trinajstić information content (AvgIpc) is 2.28. The van der Waals surface area contributed by atoms with Gasteiger partial charge in [0.2, 0.25) is 0 Å². The van der Waals surface area contributed by atoms with Crippen molar-refractivity contribution in [1.82, 2.24) is 0 Å². The van der Waals surface area contributed by atoms with Crippen LogP contribution in [0.1, 0.15) is 18.4 Å². The summed E-state index contributed by atoms with van der Waals surface area (Å²) >= 11 is 0. The lowest BCUT2D eigenvalue weighted by Gasteiger charge is -2.34. The van der Waals surface area contributed by atoms with Crippen LogP contribution < -0.4 is 10.5 Å². The fraction of sp³-hybridized carbons (Fsp3) is 0.538. The Hall–Kier alpha value is -1.06. The van der Waals surface area contributed by atoms with Gasteiger partial charge in [0.1, 0.15) is 5.75 Å². The van der Waals surface area contributed by atoms with Crippen LogP contribution in [0.2, 0.25) is 0 Å². The lowest BCUT2D eigenvalue weighted by Crippen LogP contribution is -2.35. The van der Waals surface area contributed by atoms with Crippen molar-refractivity contribution >= 4 is 0 Å². The zero-order valence-corrected chi connectivity index (χ0v) is 9.69. The van der Waals surface area contributed by atoms with E-state index in [1.165, 1.54) is 5.56 Å². The summed E-state index contributed by atoms with van der Waals surface area (Å²) in [7, 11) is 1.67. The first-order valence-corrected chi connectivity index (χ1v) is 5.76. The van der Waals surface area contributed by atoms with Gasteiger partial charge in [-0.2, -0.15) is 0 Å². The van der Waals surface area contributed by atoms with Crippen LogP contribution in [0, 0.1) is 5.92 Å². The molecule has 0 radical (unpaired) electrons. The number of hydrogen-bond acceptors (Lipinski definition) is 3. The van der Waals surface area contributed by atoms with E-state index in [0.717, 1.165) is 25.1 Å². The van der Waals surface area contributed by atoms with Crippen LogP contribution in [0.4, 0.5) is 0 Å². The lowest BCUT2D eigenvalue weighted by atomic mass is 9.82. The summed E-state index contributed by atoms with van der Waals surface area (Å²) < 4.78 is 10.9. The Bertz CT molecular complexity index is 317. The first kappa shape index (κ1) is 11.4. The second-order valence-corrected chi connectivity index (χ2v) is 4.35. The van der Waals surface area contributed by atoms with Gasteiger partial charge in [-0.1, -0.05) is 12.1 Å². The summed E-state index contributed by atoms with van der Waals surface area (Å²) in [4.78, 5) is 0. The van der Waals surface area contributed by atoms with Gasteiger partial charge >= 0.3 is 0 Å². The Balaban J connectivity index is 1.73. The highest BCUT2D eigenvalue weighted by molar-refractivity contribution is 5.26. The number of nitrogens with two attached hydrogens (primary N) is 1. The predicted molar refractivity (Wildman–Crippen MR) is 63.3 cm³/mol. The number of rotatable bonds is 5. The van der Waals surface area contributed by atoms with Crippen molar-refractivity contribution in [2.75, 3.05) is 13.7 Å². The molecule has 2 N–H and O–H groups in total. The number of methoxy groups -OCH3 is 1. The molecule has 0 amide bonds. The van der Waals surface area contributed by atoms with Gasteiger partial charge in [-0.15, -0.1) is 0 Å². The van der Waals surface area contributed by atoms with Crippen molar-refractivity contribution in [3.63, 3.8) is 0 Å². The highest BCUT2D eigenvalue weighted by Gasteiger charge is 2.28. The minimum absolute atomic E-state index is 0.413. The molecule has 1 aromatic carbocycles. The molecule has 3 nitrogen and oxygen atoms in total. The minimum Gasteiger partial charge on any atom is -0.497 e. The smallest absolute Gasteiger partial charge is 0.118 e. The normalized spacial score (nSPS) is 23.9. The average molecular weight is 221 g/mol. The quantitative estimate of drug-likeness (QED) is 0.826. The van der Waals surface area contributed by atoms with Crippen molar-refractivity contribution in [3.8, 4) is 5.75 Å². The van der Waals surface area contributed by atoms with Crippen LogP contribution in [-0.2, 0) is 11.3 Å². The molecular weight excluding hydrogens is 202 g/mol. The van der Waals surface area contributed by atoms with E-state index in [4.69, 9.17) is 15.2 Å². The summed E-state index contributed by atoms with van der Waals surface area (Å²) in [6.07, 6.45) is 2.65. The molecule has 16 heavy (non-hydrogen) atoms. The second kappa shape index (κ2) is 5.32. The van der Waals surface area contributed by atoms with E-state index in [1.807, 2.05) is 24.3 Å². The van der Waals surface area contributed by atoms with Gasteiger partial charge in [0.25, 0.3) is 0 Å². The van der Waals surface area contributed by atoms with Crippen LogP contribution >= 0.6 is 0 Å². The van der Waals surface area contributed by atoms with E-state index >= 15 is 0 Å². The Labute approximate surface area is 96.5 Å². The maximum absolute atomic E-state index is 5.77. The molecule has 1 aliphatic carbocycles. The highest BCUT2D eigenvalue weighted by atomic mass is 16.5. The second-order valence-electron chi connectivity index (χ2n) is 4.35. The van der Waals surface area contributed by atoms with E-state index in [1.54, 1.807) is 7.11 Å². The summed E-state index contributed by atoms with van der Waals surface area (Å²) in [5.41, 5.74) is 6.76. The van der Waals surface area contributed by atoms with Crippen molar-refractivity contribution in [2.24, 2.45) is 11.7 Å². The maximum Gasteiger partial charge on any atom is 0.118 e. The molecule has 0 unspecified atom stereocenters. The van der Waals surface area contributed by atoms with Crippen LogP contribution in [0.3, 0.4) is 0 Å². The van der Waals surface area contributed by atoms with E-state index in [0.29, 0.717) is 18.6 Å². The van der Waals surface area contributed by atoms with Crippen molar-refractivity contribution in [3.05, 3.63) is 29.8 Å². The van der Waals surface area contributed by atoms with Gasteiger partial charge < -0.3 is 15.2 Å². The molecule has 0 atom stereocenters. The summed E-state index contributed by atoms with van der Waals surface area (Å²) in [5, 5.41) is 0. The zero-order chi connectivity index (χ0) is 11.4. The van der Waals surface area contributed by atoms with Gasteiger partial charge in [0.15, 0.2) is 0 Å². The standard InChI is InChI=1S/C13H19NO2/c1-15-12-4-2-10(3-5-12)9-16-13-6-11(7-13)8-14/h2-5,11,13H,6-9,14H2,1H3. The SMILES string of the molecule is COc1ccc(COC2CC(CN)C2)cc1. The Morgan fingerprint density at radius 1 is 1.25 bits per heavy atom. The largest absolute Gasteiger partial charge is 0.497 e. The van der Waals surface area contributed by atoms with E-state index < -0.39 is 0 Å². The van der Waals surface area contributed by atoms with Gasteiger partial charge in [0.05, 0.1) is 19.8 Å². The maximum atomic E-state index is 5.77. The van der Waals surface area contributed by atoms with Crippen molar-refractivity contribution in [2.45, 2.75) is 25.6 Å². The van der Waals surface area contributed by atoms with Crippen LogP contribution in [0.25, 0.3) is 0 Å². The first-order chi connectivity index (χ1) is 7.81. The number of benzene rings is 1. The Morgan fingerprint density at radius 2 is 1.94 bits per heavy atom. The molecule has 0 heterocycles. The molecule has 0 aliphatic heterocycles. The molecule has 1 saturated carbocycles. The van der Waals surface area contributed by atoms with E-state index in [9.17, 15) is 0 Å². The topological polar surface area (TPSA) is 44.5 Å². The van der Waals surface area contributed by atoms with E-state index in [-0.39, 0.29) is 0 Å². The van der Waals surface area contributed by atoms with Gasteiger partial charge in [-0.3, -0.25) is 0 Å². The predicted octanol–water partition coefficient (Wildman–Crippen LogP) is 1.95. The van der Waals surface area contributed by atoms with Crippen LogP contribution in [-0.4, -0.2) is 19.8 Å². The summed E-state index contributed by atoms with van der Waals surface area (Å²) in [6, 6.07) is 8.00. The highest BCUT2D eigenvalue weighted by Crippen LogP contribution is 2.29. The number of ether oxygens (including phenoxy) is 2. The van der Waals surface area contributed by atoms with Crippen molar-refractivity contribution in [1.29, 1.82) is 0 Å². The molecule has 0 spiro atoms. The minimum atomic E-state index is 0.413. The fourth-order valence-corrected chi connectivity index (χ4v) is 1.94. The molecule has 1 aromatic rings. The van der Waals surface area contributed by atoms with Crippen LogP contribution in [0.15, 0.2) is 24.3 Å². The monoisotopic (exact) mass is 221 g/mol. The molecule has 88 valence electrons. The van der Waals surface area contributed by atoms with Gasteiger partial charge in [-0.25, -0.2) is 0 Å². The van der Waals surface area contributed by atoms with E-state index in [2.05, 4.69) is 0 Å². The molecule has 1 aliphatic rings. The first-order valence-electron chi connectivity index (χ1n) is 5.76. The Morgan fingerprint density at radius 3 is 2.50 bits per heavy atom. The molecule has 0 bridgehead atoms. The zero-order valence-electron chi connectivity index (χ0n) is 9.69. The third-order valence-corrected chi connectivity index (χ3v) is 3.17. The molecule has 2 rings (SSSR count). The molecular formula is C13H19NO2. The summed E-state index contributed by atoms with van der Waals surface area (Å²) in [5.74, 6) is 1.57. The summed E-state index contributed by atoms with van der Waals surface area (Å²) in [6.45, 7) is 1.48. The van der Waals surface area contributed by atoms with Crippen LogP contribution in [0.5, 0.6) is 5.75 Å². The molecule has 3 heteroatoms. The third-order valence-electron chi connectivity index (χ3n) is 3.17. The molecule has 1 fully saturated rings. The molecule has 0 saturated heterocycles. The third kappa shape index (κ3) is 2.74. The fourth-order valence-electron chi connectivity index (χ4n) is 1.94. The van der Waals surface area contributed by atoms with Gasteiger partial charge in [-0.05, 0) is 43.0 Å². The molecule has 0 aromatic heterocycles.